The quantitative estimate of drug-likeness (QED) is 0.408. The van der Waals surface area contributed by atoms with E-state index in [9.17, 15) is 18.0 Å². The van der Waals surface area contributed by atoms with Crippen molar-refractivity contribution in [2.24, 2.45) is 0 Å². The van der Waals surface area contributed by atoms with Gasteiger partial charge in [-0.05, 0) is 43.3 Å². The monoisotopic (exact) mass is 485 g/mol. The van der Waals surface area contributed by atoms with Gasteiger partial charge in [0, 0.05) is 15.7 Å². The lowest BCUT2D eigenvalue weighted by molar-refractivity contribution is -0.137. The van der Waals surface area contributed by atoms with Gasteiger partial charge in [0.1, 0.15) is 0 Å². The lowest BCUT2D eigenvalue weighted by atomic mass is 10.2. The molecule has 0 aliphatic heterocycles. The van der Waals surface area contributed by atoms with Gasteiger partial charge in [0.15, 0.2) is 5.82 Å². The molecule has 1 amide bonds. The summed E-state index contributed by atoms with van der Waals surface area (Å²) < 4.78 is 39.9. The lowest BCUT2D eigenvalue weighted by Gasteiger charge is -2.12. The first-order valence-corrected chi connectivity index (χ1v) is 9.94. The van der Waals surface area contributed by atoms with Gasteiger partial charge in [0.25, 0.3) is 0 Å². The number of nitrogen functional groups attached to an aromatic ring is 1. The van der Waals surface area contributed by atoms with Crippen molar-refractivity contribution >= 4 is 39.3 Å². The highest BCUT2D eigenvalue weighted by Crippen LogP contribution is 2.31. The Balaban J connectivity index is 1.68. The number of alkyl halides is 3. The summed E-state index contributed by atoms with van der Waals surface area (Å²) in [5.74, 6) is 6.10. The predicted octanol–water partition coefficient (Wildman–Crippen LogP) is 4.56. The first kappa shape index (κ1) is 21.2. The van der Waals surface area contributed by atoms with Gasteiger partial charge in [0.05, 0.1) is 10.8 Å². The van der Waals surface area contributed by atoms with Crippen molar-refractivity contribution in [1.82, 2.24) is 14.9 Å². The van der Waals surface area contributed by atoms with Crippen LogP contribution in [-0.2, 0) is 11.0 Å². The van der Waals surface area contributed by atoms with E-state index in [0.717, 1.165) is 33.9 Å². The topological polar surface area (TPSA) is 85.8 Å². The largest absolute Gasteiger partial charge is 0.416 e. The van der Waals surface area contributed by atoms with Crippen molar-refractivity contribution < 1.29 is 18.0 Å². The molecule has 0 aliphatic rings. The fraction of sp³-hybridized carbons (Fsp3) is 0.167. The number of aromatic nitrogens is 3. The van der Waals surface area contributed by atoms with Crippen molar-refractivity contribution in [3.63, 3.8) is 0 Å². The number of carbonyl (C=O) groups is 1. The number of carbonyl (C=O) groups excluding carboxylic acids is 1. The zero-order chi connectivity index (χ0) is 21.2. The summed E-state index contributed by atoms with van der Waals surface area (Å²) in [6.07, 6.45) is -4.43. The maximum Gasteiger partial charge on any atom is 0.416 e. The number of halogens is 4. The summed E-state index contributed by atoms with van der Waals surface area (Å²) in [6, 6.07) is 11.6. The molecule has 0 saturated heterocycles. The molecule has 0 saturated carbocycles. The number of hydrogen-bond acceptors (Lipinski definition) is 5. The zero-order valence-corrected chi connectivity index (χ0v) is 17.3. The van der Waals surface area contributed by atoms with E-state index in [4.69, 9.17) is 5.84 Å². The Bertz CT molecular complexity index is 1020. The highest BCUT2D eigenvalue weighted by Gasteiger charge is 2.30. The van der Waals surface area contributed by atoms with Crippen LogP contribution in [0.4, 0.5) is 18.9 Å². The highest BCUT2D eigenvalue weighted by atomic mass is 79.9. The molecule has 1 heterocycles. The second-order valence-electron chi connectivity index (χ2n) is 5.98. The van der Waals surface area contributed by atoms with E-state index in [0.29, 0.717) is 11.0 Å². The molecule has 1 atom stereocenters. The molecule has 2 aromatic carbocycles. The Morgan fingerprint density at radius 2 is 1.83 bits per heavy atom. The van der Waals surface area contributed by atoms with E-state index in [1.165, 1.54) is 16.8 Å². The third-order valence-corrected chi connectivity index (χ3v) is 5.66. The number of nitrogens with one attached hydrogen (secondary N) is 1. The minimum atomic E-state index is -4.43. The Morgan fingerprint density at radius 1 is 1.17 bits per heavy atom. The average molecular weight is 486 g/mol. The number of amides is 1. The number of nitrogens with zero attached hydrogens (tertiary/aromatic N) is 3. The van der Waals surface area contributed by atoms with Crippen molar-refractivity contribution in [2.45, 2.75) is 23.5 Å². The molecule has 3 N–H and O–H groups in total. The van der Waals surface area contributed by atoms with Gasteiger partial charge in [-0.3, -0.25) is 4.79 Å². The van der Waals surface area contributed by atoms with Gasteiger partial charge in [0.2, 0.25) is 11.1 Å². The van der Waals surface area contributed by atoms with Gasteiger partial charge < -0.3 is 11.2 Å². The van der Waals surface area contributed by atoms with Crippen molar-refractivity contribution in [3.05, 3.63) is 58.6 Å². The van der Waals surface area contributed by atoms with Gasteiger partial charge in [-0.1, -0.05) is 39.8 Å². The van der Waals surface area contributed by atoms with E-state index >= 15 is 0 Å². The molecule has 0 aliphatic carbocycles. The number of benzene rings is 2. The van der Waals surface area contributed by atoms with Crippen molar-refractivity contribution in [1.29, 1.82) is 0 Å². The summed E-state index contributed by atoms with van der Waals surface area (Å²) in [6.45, 7) is 1.64. The maximum atomic E-state index is 12.6. The van der Waals surface area contributed by atoms with Crippen LogP contribution in [0.5, 0.6) is 0 Å². The van der Waals surface area contributed by atoms with Gasteiger partial charge >= 0.3 is 6.18 Å². The smallest absolute Gasteiger partial charge is 0.335 e. The van der Waals surface area contributed by atoms with E-state index in [2.05, 4.69) is 31.4 Å². The fourth-order valence-corrected chi connectivity index (χ4v) is 3.61. The summed E-state index contributed by atoms with van der Waals surface area (Å²) in [5.41, 5.74) is 0.225. The molecule has 0 spiro atoms. The Hall–Kier alpha value is -2.53. The van der Waals surface area contributed by atoms with E-state index < -0.39 is 22.9 Å². The summed E-state index contributed by atoms with van der Waals surface area (Å²) in [5, 5.41) is 10.4. The predicted molar refractivity (Wildman–Crippen MR) is 109 cm³/mol. The number of anilines is 1. The fourth-order valence-electron chi connectivity index (χ4n) is 2.38. The zero-order valence-electron chi connectivity index (χ0n) is 14.9. The molecular weight excluding hydrogens is 471 g/mol. The van der Waals surface area contributed by atoms with Crippen LogP contribution in [0.2, 0.25) is 0 Å². The Morgan fingerprint density at radius 3 is 2.45 bits per heavy atom. The molecule has 152 valence electrons. The molecule has 1 unspecified atom stereocenters. The lowest BCUT2D eigenvalue weighted by Crippen LogP contribution is -2.23. The minimum Gasteiger partial charge on any atom is -0.335 e. The number of rotatable bonds is 5. The average Bonchev–Trinajstić information content (AvgIpc) is 3.02. The Labute approximate surface area is 176 Å². The molecule has 0 fully saturated rings. The van der Waals surface area contributed by atoms with Crippen LogP contribution in [0.15, 0.2) is 58.2 Å². The third-order valence-electron chi connectivity index (χ3n) is 3.91. The molecule has 11 heteroatoms. The molecular formula is C18H15BrF3N5OS. The molecule has 6 nitrogen and oxygen atoms in total. The van der Waals surface area contributed by atoms with Gasteiger partial charge in [-0.25, -0.2) is 4.68 Å². The van der Waals surface area contributed by atoms with Crippen LogP contribution >= 0.6 is 27.7 Å². The molecule has 3 rings (SSSR count). The Kier molecular flexibility index (Phi) is 6.18. The summed E-state index contributed by atoms with van der Waals surface area (Å²) >= 11 is 4.51. The van der Waals surface area contributed by atoms with Crippen LogP contribution < -0.4 is 11.2 Å². The normalized spacial score (nSPS) is 12.6. The standard InChI is InChI=1S/C18H15BrF3N5OS/c1-10(16(28)24-12-8-6-11(7-9-12)18(20,21)22)29-17-26-25-15(27(17)23)13-4-2-3-5-14(13)19/h2-10H,23H2,1H3,(H,24,28). The van der Waals surface area contributed by atoms with E-state index in [1.54, 1.807) is 6.92 Å². The van der Waals surface area contributed by atoms with Crippen LogP contribution in [-0.4, -0.2) is 26.0 Å². The minimum absolute atomic E-state index is 0.263. The first-order chi connectivity index (χ1) is 13.7. The first-order valence-electron chi connectivity index (χ1n) is 8.27. The van der Waals surface area contributed by atoms with E-state index in [1.807, 2.05) is 24.3 Å². The molecule has 1 aromatic heterocycles. The van der Waals surface area contributed by atoms with E-state index in [-0.39, 0.29) is 5.69 Å². The van der Waals surface area contributed by atoms with Crippen LogP contribution in [0.3, 0.4) is 0 Å². The van der Waals surface area contributed by atoms with Gasteiger partial charge in [-0.15, -0.1) is 10.2 Å². The molecule has 0 bridgehead atoms. The third kappa shape index (κ3) is 4.91. The second kappa shape index (κ2) is 8.46. The molecule has 29 heavy (non-hydrogen) atoms. The van der Waals surface area contributed by atoms with Crippen molar-refractivity contribution in [2.75, 3.05) is 11.2 Å². The van der Waals surface area contributed by atoms with Crippen LogP contribution in [0, 0.1) is 0 Å². The van der Waals surface area contributed by atoms with Crippen LogP contribution in [0.1, 0.15) is 12.5 Å². The SMILES string of the molecule is CC(Sc1nnc(-c2ccccc2Br)n1N)C(=O)Nc1ccc(C(F)(F)F)cc1. The maximum absolute atomic E-state index is 12.6. The summed E-state index contributed by atoms with van der Waals surface area (Å²) in [4.78, 5) is 12.4. The highest BCUT2D eigenvalue weighted by molar-refractivity contribution is 9.10. The number of nitrogens with two attached hydrogens (primary N) is 1. The molecule has 3 aromatic rings. The van der Waals surface area contributed by atoms with Crippen LogP contribution in [0.25, 0.3) is 11.4 Å². The van der Waals surface area contributed by atoms with Crippen molar-refractivity contribution in [3.8, 4) is 11.4 Å². The summed E-state index contributed by atoms with van der Waals surface area (Å²) in [7, 11) is 0. The number of thioether (sulfide) groups is 1. The second-order valence-corrected chi connectivity index (χ2v) is 8.14. The molecule has 0 radical (unpaired) electrons. The number of hydrogen-bond donors (Lipinski definition) is 2. The van der Waals surface area contributed by atoms with Gasteiger partial charge in [-0.2, -0.15) is 13.2 Å².